The summed E-state index contributed by atoms with van der Waals surface area (Å²) >= 11 is 6.81. The fraction of sp³-hybridized carbons (Fsp3) is 0.0909. The van der Waals surface area contributed by atoms with E-state index in [9.17, 15) is 9.59 Å². The van der Waals surface area contributed by atoms with Crippen LogP contribution in [0.5, 0.6) is 23.0 Å². The predicted molar refractivity (Wildman–Crippen MR) is 129 cm³/mol. The molecule has 0 aliphatic carbocycles. The summed E-state index contributed by atoms with van der Waals surface area (Å²) in [7, 11) is 0. The van der Waals surface area contributed by atoms with Crippen molar-refractivity contribution in [1.82, 2.24) is 10.9 Å². The van der Waals surface area contributed by atoms with Crippen LogP contribution >= 0.6 is 31.9 Å². The maximum absolute atomic E-state index is 12.3. The summed E-state index contributed by atoms with van der Waals surface area (Å²) < 4.78 is 28.0. The fourth-order valence-electron chi connectivity index (χ4n) is 3.08. The number of furan rings is 1. The third-order valence-corrected chi connectivity index (χ3v) is 6.15. The normalized spacial score (nSPS) is 13.5. The van der Waals surface area contributed by atoms with E-state index in [4.69, 9.17) is 23.4 Å². The van der Waals surface area contributed by atoms with Crippen LogP contribution in [0, 0.1) is 0 Å². The molecule has 3 aromatic rings. The molecule has 0 spiro atoms. The Bertz CT molecular complexity index is 1280. The SMILES string of the molecule is O=C(NN=Cc1cc2c(cc1Br)OCO2)c1ccc(C(=O)NN=Cc2cc3c(cc2Br)OCO3)o1. The number of halogens is 2. The second-order valence-electron chi connectivity index (χ2n) is 7.02. The van der Waals surface area contributed by atoms with Gasteiger partial charge < -0.3 is 23.4 Å². The van der Waals surface area contributed by atoms with Crippen LogP contribution in [0.25, 0.3) is 0 Å². The van der Waals surface area contributed by atoms with Gasteiger partial charge >= 0.3 is 11.8 Å². The van der Waals surface area contributed by atoms with E-state index < -0.39 is 11.8 Å². The lowest BCUT2D eigenvalue weighted by atomic mass is 10.2. The van der Waals surface area contributed by atoms with E-state index in [-0.39, 0.29) is 25.1 Å². The highest BCUT2D eigenvalue weighted by Crippen LogP contribution is 2.37. The van der Waals surface area contributed by atoms with E-state index in [0.29, 0.717) is 43.1 Å². The van der Waals surface area contributed by atoms with Crippen molar-refractivity contribution in [2.75, 3.05) is 13.6 Å². The van der Waals surface area contributed by atoms with Crippen molar-refractivity contribution >= 4 is 56.1 Å². The van der Waals surface area contributed by atoms with Gasteiger partial charge in [0.15, 0.2) is 34.5 Å². The molecule has 35 heavy (non-hydrogen) atoms. The number of hydrogen-bond donors (Lipinski definition) is 2. The minimum Gasteiger partial charge on any atom is -0.454 e. The minimum atomic E-state index is -0.634. The zero-order chi connectivity index (χ0) is 24.4. The number of benzene rings is 2. The van der Waals surface area contributed by atoms with Crippen LogP contribution in [0.3, 0.4) is 0 Å². The van der Waals surface area contributed by atoms with Gasteiger partial charge in [0.05, 0.1) is 12.4 Å². The van der Waals surface area contributed by atoms with Gasteiger partial charge in [-0.25, -0.2) is 10.9 Å². The first-order valence-electron chi connectivity index (χ1n) is 9.93. The van der Waals surface area contributed by atoms with Crippen LogP contribution in [-0.2, 0) is 0 Å². The molecule has 0 saturated carbocycles. The van der Waals surface area contributed by atoms with Crippen LogP contribution < -0.4 is 29.8 Å². The van der Waals surface area contributed by atoms with Crippen molar-refractivity contribution in [2.24, 2.45) is 10.2 Å². The third-order valence-electron chi connectivity index (χ3n) is 4.78. The first kappa shape index (κ1) is 22.9. The number of rotatable bonds is 6. The van der Waals surface area contributed by atoms with E-state index in [1.807, 2.05) is 0 Å². The van der Waals surface area contributed by atoms with E-state index in [1.54, 1.807) is 24.3 Å². The molecular weight excluding hydrogens is 592 g/mol. The summed E-state index contributed by atoms with van der Waals surface area (Å²) in [5.74, 6) is 0.932. The third kappa shape index (κ3) is 5.00. The molecule has 2 aliphatic rings. The molecule has 2 amide bonds. The number of hydrazone groups is 2. The summed E-state index contributed by atoms with van der Waals surface area (Å²) in [4.78, 5) is 24.6. The molecule has 178 valence electrons. The second kappa shape index (κ2) is 9.80. The maximum Gasteiger partial charge on any atom is 0.307 e. The Kier molecular flexibility index (Phi) is 6.42. The molecule has 3 heterocycles. The average molecular weight is 606 g/mol. The second-order valence-corrected chi connectivity index (χ2v) is 8.72. The minimum absolute atomic E-state index is 0.0976. The van der Waals surface area contributed by atoms with Crippen molar-refractivity contribution in [1.29, 1.82) is 0 Å². The van der Waals surface area contributed by atoms with Gasteiger partial charge in [-0.15, -0.1) is 0 Å². The molecule has 0 bridgehead atoms. The quantitative estimate of drug-likeness (QED) is 0.323. The number of nitrogens with one attached hydrogen (secondary N) is 2. The van der Waals surface area contributed by atoms with Gasteiger partial charge in [0, 0.05) is 20.1 Å². The van der Waals surface area contributed by atoms with E-state index in [0.717, 1.165) is 0 Å². The number of carbonyl (C=O) groups is 2. The summed E-state index contributed by atoms with van der Waals surface area (Å²) in [6.07, 6.45) is 2.87. The molecule has 2 N–H and O–H groups in total. The smallest absolute Gasteiger partial charge is 0.307 e. The predicted octanol–water partition coefficient (Wildman–Crippen LogP) is 3.79. The van der Waals surface area contributed by atoms with Gasteiger partial charge in [0.2, 0.25) is 13.6 Å². The van der Waals surface area contributed by atoms with Crippen LogP contribution in [-0.4, -0.2) is 37.8 Å². The van der Waals surface area contributed by atoms with Crippen molar-refractivity contribution in [2.45, 2.75) is 0 Å². The number of carbonyl (C=O) groups excluding carboxylic acids is 2. The van der Waals surface area contributed by atoms with Gasteiger partial charge in [-0.3, -0.25) is 9.59 Å². The summed E-state index contributed by atoms with van der Waals surface area (Å²) in [5.41, 5.74) is 6.02. The fourth-order valence-corrected chi connectivity index (χ4v) is 3.93. The van der Waals surface area contributed by atoms with Crippen LogP contribution in [0.2, 0.25) is 0 Å². The number of hydrogen-bond acceptors (Lipinski definition) is 9. The number of ether oxygens (including phenoxy) is 4. The zero-order valence-corrected chi connectivity index (χ0v) is 20.7. The van der Waals surface area contributed by atoms with Gasteiger partial charge in [0.1, 0.15) is 0 Å². The molecule has 0 unspecified atom stereocenters. The standard InChI is InChI=1S/C22H14Br2N4O7/c23-13-5-19-17(31-9-33-19)3-11(13)7-25-27-21(29)15-1-2-16(35-15)22(30)28-26-8-12-4-18-20(6-14(12)24)34-10-32-18/h1-8H,9-10H2,(H,27,29)(H,28,30). The zero-order valence-electron chi connectivity index (χ0n) is 17.5. The highest BCUT2D eigenvalue weighted by atomic mass is 79.9. The number of nitrogens with zero attached hydrogens (tertiary/aromatic N) is 2. The Balaban J connectivity index is 1.17. The molecule has 1 aromatic heterocycles. The topological polar surface area (TPSA) is 133 Å². The molecule has 0 saturated heterocycles. The van der Waals surface area contributed by atoms with Gasteiger partial charge in [-0.05, 0) is 68.3 Å². The van der Waals surface area contributed by atoms with Crippen molar-refractivity contribution in [3.05, 3.63) is 68.0 Å². The Morgan fingerprint density at radius 2 is 1.11 bits per heavy atom. The van der Waals surface area contributed by atoms with E-state index in [1.165, 1.54) is 24.6 Å². The van der Waals surface area contributed by atoms with E-state index >= 15 is 0 Å². The highest BCUT2D eigenvalue weighted by Gasteiger charge is 2.18. The summed E-state index contributed by atoms with van der Waals surface area (Å²) in [5, 5.41) is 7.83. The average Bonchev–Trinajstić information content (AvgIpc) is 3.59. The van der Waals surface area contributed by atoms with Crippen molar-refractivity contribution < 1.29 is 33.0 Å². The number of amides is 2. The highest BCUT2D eigenvalue weighted by molar-refractivity contribution is 9.10. The first-order valence-corrected chi connectivity index (χ1v) is 11.5. The van der Waals surface area contributed by atoms with E-state index in [2.05, 4.69) is 52.9 Å². The Morgan fingerprint density at radius 1 is 0.714 bits per heavy atom. The molecule has 5 rings (SSSR count). The van der Waals surface area contributed by atoms with Gasteiger partial charge in [-0.2, -0.15) is 10.2 Å². The maximum atomic E-state index is 12.3. The van der Waals surface area contributed by atoms with Gasteiger partial charge in [0.25, 0.3) is 0 Å². The molecular formula is C22H14Br2N4O7. The Morgan fingerprint density at radius 3 is 1.54 bits per heavy atom. The van der Waals surface area contributed by atoms with Crippen LogP contribution in [0.15, 0.2) is 60.0 Å². The summed E-state index contributed by atoms with van der Waals surface area (Å²) in [6.45, 7) is 0.295. The molecule has 13 heteroatoms. The van der Waals surface area contributed by atoms with Gasteiger partial charge in [-0.1, -0.05) is 0 Å². The van der Waals surface area contributed by atoms with Crippen molar-refractivity contribution in [3.63, 3.8) is 0 Å². The van der Waals surface area contributed by atoms with Crippen LogP contribution in [0.1, 0.15) is 32.2 Å². The largest absolute Gasteiger partial charge is 0.454 e. The monoisotopic (exact) mass is 604 g/mol. The Labute approximate surface area is 214 Å². The first-order chi connectivity index (χ1) is 17.0. The molecule has 11 nitrogen and oxygen atoms in total. The molecule has 0 radical (unpaired) electrons. The van der Waals surface area contributed by atoms with Crippen LogP contribution in [0.4, 0.5) is 0 Å². The molecule has 0 atom stereocenters. The molecule has 2 aliphatic heterocycles. The summed E-state index contributed by atoms with van der Waals surface area (Å²) in [6, 6.07) is 9.65. The van der Waals surface area contributed by atoms with Crippen molar-refractivity contribution in [3.8, 4) is 23.0 Å². The Hall–Kier alpha value is -3.84. The lowest BCUT2D eigenvalue weighted by molar-refractivity contribution is 0.0902. The molecule has 2 aromatic carbocycles. The lowest BCUT2D eigenvalue weighted by Crippen LogP contribution is -2.18. The lowest BCUT2D eigenvalue weighted by Gasteiger charge is -2.02. The number of fused-ring (bicyclic) bond motifs is 2. The molecule has 0 fully saturated rings.